The van der Waals surface area contributed by atoms with E-state index in [-0.39, 0.29) is 17.8 Å². The second kappa shape index (κ2) is 8.24. The molecule has 176 valence electrons. The summed E-state index contributed by atoms with van der Waals surface area (Å²) >= 11 is 1.45. The Morgan fingerprint density at radius 1 is 0.889 bits per heavy atom. The molecule has 8 nitrogen and oxygen atoms in total. The number of aromatic nitrogens is 3. The first-order chi connectivity index (χ1) is 17.4. The molecule has 0 unspecified atom stereocenters. The van der Waals surface area contributed by atoms with Crippen molar-refractivity contribution in [3.63, 3.8) is 0 Å². The van der Waals surface area contributed by atoms with E-state index in [1.807, 2.05) is 5.38 Å². The number of anilines is 2. The molecule has 0 atom stereocenters. The molecular formula is C27H19N5O3S. The predicted molar refractivity (Wildman–Crippen MR) is 138 cm³/mol. The zero-order valence-corrected chi connectivity index (χ0v) is 20.2. The highest BCUT2D eigenvalue weighted by Crippen LogP contribution is 2.30. The van der Waals surface area contributed by atoms with E-state index in [1.165, 1.54) is 16.9 Å². The van der Waals surface area contributed by atoms with Gasteiger partial charge in [-0.15, -0.1) is 16.4 Å². The van der Waals surface area contributed by atoms with Crippen LogP contribution in [0.5, 0.6) is 0 Å². The molecule has 2 aromatic heterocycles. The lowest BCUT2D eigenvalue weighted by Gasteiger charge is -2.14. The summed E-state index contributed by atoms with van der Waals surface area (Å²) in [5.41, 5.74) is 5.77. The molecule has 3 aromatic carbocycles. The Kier molecular flexibility index (Phi) is 5.01. The number of imide groups is 1. The SMILES string of the molecule is Cc1ccc(-c2csc3nc(NC(=O)c4ccc(N5C(=O)c6ccccc6C5=O)cc4)nn23)c(C)c1. The van der Waals surface area contributed by atoms with E-state index in [2.05, 4.69) is 47.4 Å². The minimum absolute atomic E-state index is 0.197. The van der Waals surface area contributed by atoms with Crippen LogP contribution in [0.4, 0.5) is 11.6 Å². The predicted octanol–water partition coefficient (Wildman–Crippen LogP) is 5.13. The Bertz CT molecular complexity index is 1670. The maximum atomic E-state index is 12.9. The van der Waals surface area contributed by atoms with E-state index >= 15 is 0 Å². The van der Waals surface area contributed by atoms with Crippen molar-refractivity contribution in [2.75, 3.05) is 10.2 Å². The lowest BCUT2D eigenvalue weighted by molar-refractivity contribution is 0.0925. The minimum atomic E-state index is -0.393. The average Bonchev–Trinajstić information content (AvgIpc) is 3.52. The first-order valence-electron chi connectivity index (χ1n) is 11.2. The Hall–Kier alpha value is -4.63. The van der Waals surface area contributed by atoms with Gasteiger partial charge in [0.15, 0.2) is 0 Å². The maximum absolute atomic E-state index is 12.9. The molecule has 1 N–H and O–H groups in total. The number of nitrogens with one attached hydrogen (secondary N) is 1. The normalized spacial score (nSPS) is 12.9. The smallest absolute Gasteiger partial charge is 0.266 e. The van der Waals surface area contributed by atoms with Crippen molar-refractivity contribution in [2.45, 2.75) is 13.8 Å². The summed E-state index contributed by atoms with van der Waals surface area (Å²) in [7, 11) is 0. The van der Waals surface area contributed by atoms with Crippen molar-refractivity contribution < 1.29 is 14.4 Å². The quantitative estimate of drug-likeness (QED) is 0.350. The van der Waals surface area contributed by atoms with Gasteiger partial charge in [0, 0.05) is 16.5 Å². The molecule has 0 spiro atoms. The molecule has 6 rings (SSSR count). The Morgan fingerprint density at radius 2 is 1.58 bits per heavy atom. The number of fused-ring (bicyclic) bond motifs is 2. The fourth-order valence-corrected chi connectivity index (χ4v) is 5.20. The van der Waals surface area contributed by atoms with Crippen LogP contribution in [-0.2, 0) is 0 Å². The topological polar surface area (TPSA) is 96.7 Å². The van der Waals surface area contributed by atoms with E-state index in [1.54, 1.807) is 53.0 Å². The number of hydrogen-bond acceptors (Lipinski definition) is 6. The summed E-state index contributed by atoms with van der Waals surface area (Å²) in [4.78, 5) is 44.5. The molecule has 1 aliphatic heterocycles. The second-order valence-electron chi connectivity index (χ2n) is 8.56. The molecule has 3 amide bonds. The van der Waals surface area contributed by atoms with Crippen molar-refractivity contribution in [3.8, 4) is 11.3 Å². The van der Waals surface area contributed by atoms with Gasteiger partial charge < -0.3 is 0 Å². The molecular weight excluding hydrogens is 474 g/mol. The van der Waals surface area contributed by atoms with Gasteiger partial charge in [-0.2, -0.15) is 4.98 Å². The van der Waals surface area contributed by atoms with E-state index in [0.29, 0.717) is 27.3 Å². The summed E-state index contributed by atoms with van der Waals surface area (Å²) < 4.78 is 1.73. The molecule has 1 aliphatic rings. The van der Waals surface area contributed by atoms with Gasteiger partial charge in [-0.25, -0.2) is 9.42 Å². The van der Waals surface area contributed by atoms with Gasteiger partial charge in [-0.3, -0.25) is 19.7 Å². The molecule has 0 bridgehead atoms. The number of rotatable bonds is 4. The van der Waals surface area contributed by atoms with E-state index in [0.717, 1.165) is 21.7 Å². The molecule has 0 aliphatic carbocycles. The Labute approximate surface area is 209 Å². The number of thiazole rings is 1. The van der Waals surface area contributed by atoms with Gasteiger partial charge in [0.05, 0.1) is 22.5 Å². The van der Waals surface area contributed by atoms with Crippen LogP contribution in [0.2, 0.25) is 0 Å². The van der Waals surface area contributed by atoms with Crippen LogP contribution in [0.3, 0.4) is 0 Å². The summed E-state index contributed by atoms with van der Waals surface area (Å²) in [5, 5.41) is 9.22. The second-order valence-corrected chi connectivity index (χ2v) is 9.40. The van der Waals surface area contributed by atoms with Gasteiger partial charge in [-0.1, -0.05) is 35.9 Å². The number of nitrogens with zero attached hydrogens (tertiary/aromatic N) is 4. The van der Waals surface area contributed by atoms with E-state index in [9.17, 15) is 14.4 Å². The maximum Gasteiger partial charge on any atom is 0.266 e. The highest BCUT2D eigenvalue weighted by Gasteiger charge is 2.36. The van der Waals surface area contributed by atoms with Crippen LogP contribution < -0.4 is 10.2 Å². The minimum Gasteiger partial charge on any atom is -0.289 e. The average molecular weight is 494 g/mol. The van der Waals surface area contributed by atoms with Crippen molar-refractivity contribution in [3.05, 3.63) is 99.9 Å². The van der Waals surface area contributed by atoms with Gasteiger partial charge in [0.25, 0.3) is 23.7 Å². The third-order valence-electron chi connectivity index (χ3n) is 6.15. The monoisotopic (exact) mass is 493 g/mol. The fraction of sp³-hybridized carbons (Fsp3) is 0.0741. The van der Waals surface area contributed by atoms with Crippen molar-refractivity contribution in [1.29, 1.82) is 0 Å². The number of carbonyl (C=O) groups is 3. The molecule has 0 fully saturated rings. The van der Waals surface area contributed by atoms with Crippen LogP contribution in [0.1, 0.15) is 42.2 Å². The van der Waals surface area contributed by atoms with E-state index < -0.39 is 5.91 Å². The highest BCUT2D eigenvalue weighted by molar-refractivity contribution is 7.15. The number of hydrogen-bond donors (Lipinski definition) is 1. The number of benzene rings is 3. The van der Waals surface area contributed by atoms with Crippen LogP contribution >= 0.6 is 11.3 Å². The molecule has 3 heterocycles. The Balaban J connectivity index is 1.22. The van der Waals surface area contributed by atoms with Crippen molar-refractivity contribution in [1.82, 2.24) is 14.6 Å². The summed E-state index contributed by atoms with van der Waals surface area (Å²) in [6, 6.07) is 19.2. The van der Waals surface area contributed by atoms with Crippen molar-refractivity contribution >= 4 is 45.7 Å². The summed E-state index contributed by atoms with van der Waals surface area (Å²) in [5.74, 6) is -0.957. The van der Waals surface area contributed by atoms with Crippen LogP contribution in [0.25, 0.3) is 16.2 Å². The first-order valence-corrected chi connectivity index (χ1v) is 12.1. The summed E-state index contributed by atoms with van der Waals surface area (Å²) in [6.07, 6.45) is 0. The van der Waals surface area contributed by atoms with Crippen LogP contribution in [0.15, 0.2) is 72.1 Å². The fourth-order valence-electron chi connectivity index (χ4n) is 4.38. The third-order valence-corrected chi connectivity index (χ3v) is 6.96. The number of aryl methyl sites for hydroxylation is 2. The Morgan fingerprint density at radius 3 is 2.25 bits per heavy atom. The highest BCUT2D eigenvalue weighted by atomic mass is 32.1. The van der Waals surface area contributed by atoms with Crippen LogP contribution in [-0.4, -0.2) is 32.3 Å². The zero-order chi connectivity index (χ0) is 25.0. The molecule has 36 heavy (non-hydrogen) atoms. The summed E-state index contributed by atoms with van der Waals surface area (Å²) in [6.45, 7) is 4.10. The molecule has 5 aromatic rings. The lowest BCUT2D eigenvalue weighted by Crippen LogP contribution is -2.29. The van der Waals surface area contributed by atoms with Crippen molar-refractivity contribution in [2.24, 2.45) is 0 Å². The molecule has 0 radical (unpaired) electrons. The molecule has 0 saturated heterocycles. The lowest BCUT2D eigenvalue weighted by atomic mass is 10.0. The van der Waals surface area contributed by atoms with E-state index in [4.69, 9.17) is 0 Å². The van der Waals surface area contributed by atoms with Gasteiger partial charge >= 0.3 is 0 Å². The first kappa shape index (κ1) is 21.9. The van der Waals surface area contributed by atoms with Gasteiger partial charge in [0.2, 0.25) is 4.96 Å². The third kappa shape index (κ3) is 3.48. The largest absolute Gasteiger partial charge is 0.289 e. The standard InChI is InChI=1S/C27H19N5O3S/c1-15-7-12-19(16(2)13-15)22-14-36-27-29-26(30-32(22)27)28-23(33)17-8-10-18(11-9-17)31-24(34)20-5-3-4-6-21(20)25(31)35/h3-14H,1-2H3,(H,28,30,33). The molecule has 9 heteroatoms. The number of carbonyl (C=O) groups excluding carboxylic acids is 3. The zero-order valence-electron chi connectivity index (χ0n) is 19.4. The van der Waals surface area contributed by atoms with Gasteiger partial charge in [-0.05, 0) is 55.8 Å². The molecule has 0 saturated carbocycles. The van der Waals surface area contributed by atoms with Gasteiger partial charge in [0.1, 0.15) is 0 Å². The number of amides is 3. The van der Waals surface area contributed by atoms with Crippen LogP contribution in [0, 0.1) is 13.8 Å².